The minimum Gasteiger partial charge on any atom is -0.491 e. The molecule has 0 amide bonds. The molecule has 1 N–H and O–H groups in total. The monoisotopic (exact) mass is 285 g/mol. The number of aromatic nitrogens is 2. The molecule has 0 aliphatic rings. The Kier molecular flexibility index (Phi) is 5.14. The second kappa shape index (κ2) is 7.07. The van der Waals surface area contributed by atoms with Gasteiger partial charge in [0.25, 0.3) is 0 Å². The molecule has 4 heteroatoms. The van der Waals surface area contributed by atoms with E-state index in [9.17, 15) is 0 Å². The Morgan fingerprint density at radius 2 is 2.00 bits per heavy atom. The van der Waals surface area contributed by atoms with Gasteiger partial charge in [-0.2, -0.15) is 0 Å². The van der Waals surface area contributed by atoms with Crippen LogP contribution in [0.15, 0.2) is 30.3 Å². The molecule has 0 saturated carbocycles. The van der Waals surface area contributed by atoms with Gasteiger partial charge in [0.2, 0.25) is 0 Å². The van der Waals surface area contributed by atoms with Gasteiger partial charge in [0.1, 0.15) is 11.6 Å². The molecule has 0 atom stereocenters. The molecule has 2 rings (SSSR count). The molecular weight excluding hydrogens is 262 g/mol. The smallest absolute Gasteiger partial charge is 0.161 e. The molecule has 0 unspecified atom stereocenters. The summed E-state index contributed by atoms with van der Waals surface area (Å²) in [7, 11) is 1.88. The van der Waals surface area contributed by atoms with Crippen molar-refractivity contribution >= 4 is 5.82 Å². The molecule has 1 heterocycles. The Labute approximate surface area is 126 Å². The second-order valence-corrected chi connectivity index (χ2v) is 5.26. The number of hydrogen-bond acceptors (Lipinski definition) is 4. The zero-order valence-electron chi connectivity index (χ0n) is 13.2. The van der Waals surface area contributed by atoms with Crippen LogP contribution in [0, 0.1) is 0 Å². The highest BCUT2D eigenvalue weighted by Crippen LogP contribution is 2.23. The molecule has 0 radical (unpaired) electrons. The first-order valence-corrected chi connectivity index (χ1v) is 7.45. The predicted octanol–water partition coefficient (Wildman–Crippen LogP) is 3.93. The average molecular weight is 285 g/mol. The third kappa shape index (κ3) is 4.18. The van der Waals surface area contributed by atoms with Gasteiger partial charge in [-0.25, -0.2) is 9.97 Å². The number of aryl methyl sites for hydroxylation is 1. The van der Waals surface area contributed by atoms with Crippen molar-refractivity contribution in [2.75, 3.05) is 12.4 Å². The summed E-state index contributed by atoms with van der Waals surface area (Å²) in [4.78, 5) is 9.20. The van der Waals surface area contributed by atoms with E-state index in [1.807, 2.05) is 51.2 Å². The molecule has 4 nitrogen and oxygen atoms in total. The van der Waals surface area contributed by atoms with Crippen LogP contribution in [0.5, 0.6) is 5.75 Å². The lowest BCUT2D eigenvalue weighted by molar-refractivity contribution is 0.242. The van der Waals surface area contributed by atoms with Gasteiger partial charge in [-0.1, -0.05) is 25.5 Å². The van der Waals surface area contributed by atoms with Crippen molar-refractivity contribution in [3.63, 3.8) is 0 Å². The Balaban J connectivity index is 2.38. The molecule has 1 aromatic heterocycles. The second-order valence-electron chi connectivity index (χ2n) is 5.26. The molecule has 0 spiro atoms. The van der Waals surface area contributed by atoms with E-state index in [0.29, 0.717) is 0 Å². The summed E-state index contributed by atoms with van der Waals surface area (Å²) < 4.78 is 5.74. The van der Waals surface area contributed by atoms with Crippen LogP contribution in [0.4, 0.5) is 5.82 Å². The molecule has 0 aliphatic carbocycles. The summed E-state index contributed by atoms with van der Waals surface area (Å²) in [5, 5.41) is 3.10. The Morgan fingerprint density at radius 1 is 1.19 bits per heavy atom. The maximum atomic E-state index is 5.74. The fourth-order valence-corrected chi connectivity index (χ4v) is 2.12. The zero-order chi connectivity index (χ0) is 15.2. The summed E-state index contributed by atoms with van der Waals surface area (Å²) in [5.74, 6) is 2.43. The Bertz CT molecular complexity index is 596. The van der Waals surface area contributed by atoms with Crippen molar-refractivity contribution in [2.45, 2.75) is 39.7 Å². The van der Waals surface area contributed by atoms with Crippen LogP contribution in [0.1, 0.15) is 32.9 Å². The molecule has 0 fully saturated rings. The summed E-state index contributed by atoms with van der Waals surface area (Å²) in [5.41, 5.74) is 2.03. The van der Waals surface area contributed by atoms with Gasteiger partial charge in [-0.15, -0.1) is 0 Å². The van der Waals surface area contributed by atoms with Crippen molar-refractivity contribution in [3.8, 4) is 17.1 Å². The zero-order valence-corrected chi connectivity index (χ0v) is 13.2. The fourth-order valence-electron chi connectivity index (χ4n) is 2.12. The molecule has 2 aromatic rings. The first-order chi connectivity index (χ1) is 10.1. The Morgan fingerprint density at radius 3 is 2.67 bits per heavy atom. The lowest BCUT2D eigenvalue weighted by atomic mass is 10.2. The minimum atomic E-state index is 0.153. The SMILES string of the molecule is CCCc1cc(NC)nc(-c2cccc(OC(C)C)c2)n1. The van der Waals surface area contributed by atoms with E-state index in [1.54, 1.807) is 0 Å². The van der Waals surface area contributed by atoms with Crippen LogP contribution >= 0.6 is 0 Å². The highest BCUT2D eigenvalue weighted by atomic mass is 16.5. The maximum Gasteiger partial charge on any atom is 0.161 e. The molecule has 0 saturated heterocycles. The fraction of sp³-hybridized carbons (Fsp3) is 0.412. The molecule has 112 valence electrons. The summed E-state index contributed by atoms with van der Waals surface area (Å²) in [6.07, 6.45) is 2.17. The topological polar surface area (TPSA) is 47.0 Å². The van der Waals surface area contributed by atoms with Gasteiger partial charge in [0, 0.05) is 24.4 Å². The van der Waals surface area contributed by atoms with E-state index in [1.165, 1.54) is 0 Å². The van der Waals surface area contributed by atoms with Crippen molar-refractivity contribution in [1.82, 2.24) is 9.97 Å². The van der Waals surface area contributed by atoms with Crippen LogP contribution in [-0.4, -0.2) is 23.1 Å². The highest BCUT2D eigenvalue weighted by Gasteiger charge is 2.08. The van der Waals surface area contributed by atoms with E-state index in [2.05, 4.69) is 22.2 Å². The lowest BCUT2D eigenvalue weighted by Crippen LogP contribution is -2.05. The van der Waals surface area contributed by atoms with Crippen molar-refractivity contribution in [2.24, 2.45) is 0 Å². The van der Waals surface area contributed by atoms with Gasteiger partial charge >= 0.3 is 0 Å². The predicted molar refractivity (Wildman–Crippen MR) is 86.8 cm³/mol. The first-order valence-electron chi connectivity index (χ1n) is 7.45. The van der Waals surface area contributed by atoms with Crippen molar-refractivity contribution in [1.29, 1.82) is 0 Å². The van der Waals surface area contributed by atoms with Gasteiger partial charge < -0.3 is 10.1 Å². The van der Waals surface area contributed by atoms with Crippen LogP contribution in [-0.2, 0) is 6.42 Å². The van der Waals surface area contributed by atoms with Gasteiger partial charge in [-0.05, 0) is 32.4 Å². The van der Waals surface area contributed by atoms with Crippen LogP contribution in [0.2, 0.25) is 0 Å². The van der Waals surface area contributed by atoms with E-state index < -0.39 is 0 Å². The molecule has 0 bridgehead atoms. The van der Waals surface area contributed by atoms with Crippen LogP contribution in [0.3, 0.4) is 0 Å². The minimum absolute atomic E-state index is 0.153. The standard InChI is InChI=1S/C17H23N3O/c1-5-7-14-11-16(18-4)20-17(19-14)13-8-6-9-15(10-13)21-12(2)3/h6,8-12H,5,7H2,1-4H3,(H,18,19,20). The summed E-state index contributed by atoms with van der Waals surface area (Å²) in [6, 6.07) is 9.93. The van der Waals surface area contributed by atoms with E-state index in [4.69, 9.17) is 4.74 Å². The number of anilines is 1. The number of nitrogens with one attached hydrogen (secondary N) is 1. The Hall–Kier alpha value is -2.10. The number of benzene rings is 1. The summed E-state index contributed by atoms with van der Waals surface area (Å²) >= 11 is 0. The van der Waals surface area contributed by atoms with Gasteiger partial charge in [0.15, 0.2) is 5.82 Å². The van der Waals surface area contributed by atoms with Crippen LogP contribution < -0.4 is 10.1 Å². The third-order valence-electron chi connectivity index (χ3n) is 3.01. The van der Waals surface area contributed by atoms with E-state index >= 15 is 0 Å². The maximum absolute atomic E-state index is 5.74. The number of hydrogen-bond donors (Lipinski definition) is 1. The molecule has 1 aromatic carbocycles. The third-order valence-corrected chi connectivity index (χ3v) is 3.01. The molecule has 0 aliphatic heterocycles. The van der Waals surface area contributed by atoms with E-state index in [0.717, 1.165) is 41.5 Å². The highest BCUT2D eigenvalue weighted by molar-refractivity contribution is 5.59. The van der Waals surface area contributed by atoms with E-state index in [-0.39, 0.29) is 6.10 Å². The molecule has 21 heavy (non-hydrogen) atoms. The molecular formula is C17H23N3O. The largest absolute Gasteiger partial charge is 0.491 e. The van der Waals surface area contributed by atoms with Gasteiger partial charge in [-0.3, -0.25) is 0 Å². The quantitative estimate of drug-likeness (QED) is 0.873. The number of nitrogens with zero attached hydrogens (tertiary/aromatic N) is 2. The van der Waals surface area contributed by atoms with Crippen molar-refractivity contribution < 1.29 is 4.74 Å². The van der Waals surface area contributed by atoms with Crippen molar-refractivity contribution in [3.05, 3.63) is 36.0 Å². The number of ether oxygens (including phenoxy) is 1. The van der Waals surface area contributed by atoms with Gasteiger partial charge in [0.05, 0.1) is 6.10 Å². The number of rotatable bonds is 6. The average Bonchev–Trinajstić information content (AvgIpc) is 2.47. The lowest BCUT2D eigenvalue weighted by Gasteiger charge is -2.11. The normalized spacial score (nSPS) is 10.7. The first kappa shape index (κ1) is 15.3. The van der Waals surface area contributed by atoms with Crippen LogP contribution in [0.25, 0.3) is 11.4 Å². The summed E-state index contributed by atoms with van der Waals surface area (Å²) in [6.45, 7) is 6.19.